The van der Waals surface area contributed by atoms with Crippen molar-refractivity contribution in [2.45, 2.75) is 31.5 Å². The fourth-order valence-corrected chi connectivity index (χ4v) is 3.61. The maximum Gasteiger partial charge on any atom is 0.431 e. The van der Waals surface area contributed by atoms with Crippen molar-refractivity contribution in [2.24, 2.45) is 5.92 Å². The zero-order valence-corrected chi connectivity index (χ0v) is 15.4. The van der Waals surface area contributed by atoms with E-state index in [1.807, 2.05) is 0 Å². The number of alkyl halides is 3. The standard InChI is InChI=1S/C19H20ClF3N2O2/c1-25(10-12-3-2-4-15(12)26)18(27)17-14(9-16(24-17)19(21,22)23)11-5-7-13(20)8-6-11/h5-9,12,15,24,26H,2-4,10H2,1H3/t12-,15+/m0/s1. The maximum absolute atomic E-state index is 13.2. The Bertz CT molecular complexity index is 817. The summed E-state index contributed by atoms with van der Waals surface area (Å²) in [5.41, 5.74) is -0.476. The highest BCUT2D eigenvalue weighted by atomic mass is 35.5. The van der Waals surface area contributed by atoms with Gasteiger partial charge in [-0.15, -0.1) is 0 Å². The number of carbonyl (C=O) groups excluding carboxylic acids is 1. The Morgan fingerprint density at radius 3 is 2.52 bits per heavy atom. The van der Waals surface area contributed by atoms with Crippen LogP contribution in [0.3, 0.4) is 0 Å². The third kappa shape index (κ3) is 4.30. The van der Waals surface area contributed by atoms with Crippen molar-refractivity contribution >= 4 is 17.5 Å². The van der Waals surface area contributed by atoms with E-state index in [0.717, 1.165) is 18.9 Å². The van der Waals surface area contributed by atoms with Crippen LogP contribution in [0.15, 0.2) is 30.3 Å². The Kier molecular flexibility index (Phi) is 5.53. The minimum Gasteiger partial charge on any atom is -0.393 e. The molecular weight excluding hydrogens is 381 g/mol. The van der Waals surface area contributed by atoms with E-state index in [1.54, 1.807) is 24.3 Å². The van der Waals surface area contributed by atoms with Gasteiger partial charge < -0.3 is 15.0 Å². The highest BCUT2D eigenvalue weighted by Crippen LogP contribution is 2.35. The molecule has 2 atom stereocenters. The second kappa shape index (κ2) is 7.56. The van der Waals surface area contributed by atoms with E-state index in [1.165, 1.54) is 11.9 Å². The number of hydrogen-bond acceptors (Lipinski definition) is 2. The van der Waals surface area contributed by atoms with Gasteiger partial charge in [0.1, 0.15) is 11.4 Å². The Labute approximate surface area is 159 Å². The van der Waals surface area contributed by atoms with Gasteiger partial charge in [-0.05, 0) is 36.6 Å². The molecule has 1 aliphatic rings. The predicted octanol–water partition coefficient (Wildman–Crippen LogP) is 4.59. The topological polar surface area (TPSA) is 56.3 Å². The van der Waals surface area contributed by atoms with E-state index < -0.39 is 23.9 Å². The number of hydrogen-bond donors (Lipinski definition) is 2. The van der Waals surface area contributed by atoms with Crippen LogP contribution in [0.2, 0.25) is 5.02 Å². The Morgan fingerprint density at radius 2 is 1.96 bits per heavy atom. The van der Waals surface area contributed by atoms with Crippen LogP contribution in [-0.2, 0) is 6.18 Å². The van der Waals surface area contributed by atoms with Gasteiger partial charge in [-0.25, -0.2) is 0 Å². The summed E-state index contributed by atoms with van der Waals surface area (Å²) >= 11 is 5.85. The number of carbonyl (C=O) groups is 1. The average Bonchev–Trinajstić information content (AvgIpc) is 3.21. The van der Waals surface area contributed by atoms with Gasteiger partial charge in [-0.3, -0.25) is 4.79 Å². The van der Waals surface area contributed by atoms with Crippen LogP contribution in [0.5, 0.6) is 0 Å². The third-order valence-corrected chi connectivity index (χ3v) is 5.22. The molecule has 1 aromatic heterocycles. The van der Waals surface area contributed by atoms with Crippen LogP contribution in [-0.4, -0.2) is 40.6 Å². The van der Waals surface area contributed by atoms with Gasteiger partial charge in [0, 0.05) is 30.1 Å². The minimum absolute atomic E-state index is 0.0602. The van der Waals surface area contributed by atoms with Crippen LogP contribution >= 0.6 is 11.6 Å². The van der Waals surface area contributed by atoms with Gasteiger partial charge in [0.05, 0.1) is 6.10 Å². The first kappa shape index (κ1) is 19.8. The molecule has 2 aromatic rings. The number of aromatic nitrogens is 1. The summed E-state index contributed by atoms with van der Waals surface area (Å²) in [5, 5.41) is 10.4. The molecule has 0 saturated heterocycles. The highest BCUT2D eigenvalue weighted by Gasteiger charge is 2.36. The quantitative estimate of drug-likeness (QED) is 0.788. The van der Waals surface area contributed by atoms with Crippen molar-refractivity contribution < 1.29 is 23.1 Å². The van der Waals surface area contributed by atoms with Crippen LogP contribution < -0.4 is 0 Å². The molecule has 1 fully saturated rings. The first-order valence-electron chi connectivity index (χ1n) is 8.66. The number of benzene rings is 1. The lowest BCUT2D eigenvalue weighted by molar-refractivity contribution is -0.140. The van der Waals surface area contributed by atoms with Gasteiger partial charge in [-0.1, -0.05) is 30.2 Å². The molecule has 8 heteroatoms. The molecule has 1 heterocycles. The van der Waals surface area contributed by atoms with E-state index in [9.17, 15) is 23.1 Å². The van der Waals surface area contributed by atoms with Gasteiger partial charge in [0.15, 0.2) is 0 Å². The Hall–Kier alpha value is -1.99. The fraction of sp³-hybridized carbons (Fsp3) is 0.421. The van der Waals surface area contributed by atoms with Crippen LogP contribution in [0, 0.1) is 5.92 Å². The van der Waals surface area contributed by atoms with E-state index in [-0.39, 0.29) is 17.2 Å². The summed E-state index contributed by atoms with van der Waals surface area (Å²) < 4.78 is 39.6. The second-order valence-electron chi connectivity index (χ2n) is 6.92. The zero-order valence-electron chi connectivity index (χ0n) is 14.7. The number of aliphatic hydroxyl groups is 1. The summed E-state index contributed by atoms with van der Waals surface area (Å²) in [6.07, 6.45) is -2.72. The monoisotopic (exact) mass is 400 g/mol. The van der Waals surface area contributed by atoms with Crippen molar-refractivity contribution in [1.29, 1.82) is 0 Å². The predicted molar refractivity (Wildman–Crippen MR) is 96.5 cm³/mol. The maximum atomic E-state index is 13.2. The van der Waals surface area contributed by atoms with Crippen molar-refractivity contribution in [3.8, 4) is 11.1 Å². The van der Waals surface area contributed by atoms with Gasteiger partial charge in [-0.2, -0.15) is 13.2 Å². The summed E-state index contributed by atoms with van der Waals surface area (Å²) in [7, 11) is 1.53. The van der Waals surface area contributed by atoms with Gasteiger partial charge in [0.25, 0.3) is 5.91 Å². The smallest absolute Gasteiger partial charge is 0.393 e. The normalized spacial score (nSPS) is 20.1. The molecule has 1 aliphatic carbocycles. The number of aromatic amines is 1. The van der Waals surface area contributed by atoms with Gasteiger partial charge in [0.2, 0.25) is 0 Å². The first-order valence-corrected chi connectivity index (χ1v) is 9.04. The first-order chi connectivity index (χ1) is 12.7. The molecule has 3 rings (SSSR count). The number of nitrogens with one attached hydrogen (secondary N) is 1. The molecule has 146 valence electrons. The molecule has 2 N–H and O–H groups in total. The fourth-order valence-electron chi connectivity index (χ4n) is 3.49. The van der Waals surface area contributed by atoms with E-state index in [4.69, 9.17) is 11.6 Å². The minimum atomic E-state index is -4.60. The summed E-state index contributed by atoms with van der Waals surface area (Å²) in [6.45, 7) is 0.292. The Balaban J connectivity index is 1.93. The lowest BCUT2D eigenvalue weighted by atomic mass is 10.0. The number of aliphatic hydroxyl groups excluding tert-OH is 1. The number of H-pyrrole nitrogens is 1. The molecule has 1 amide bonds. The summed E-state index contributed by atoms with van der Waals surface area (Å²) in [5.74, 6) is -0.607. The average molecular weight is 401 g/mol. The summed E-state index contributed by atoms with van der Waals surface area (Å²) in [6, 6.07) is 7.20. The molecule has 27 heavy (non-hydrogen) atoms. The van der Waals surface area contributed by atoms with Crippen molar-refractivity contribution in [2.75, 3.05) is 13.6 Å². The van der Waals surface area contributed by atoms with E-state index >= 15 is 0 Å². The number of amides is 1. The van der Waals surface area contributed by atoms with E-state index in [2.05, 4.69) is 4.98 Å². The number of halogens is 4. The molecule has 0 aliphatic heterocycles. The van der Waals surface area contributed by atoms with Crippen LogP contribution in [0.25, 0.3) is 11.1 Å². The zero-order chi connectivity index (χ0) is 19.8. The molecule has 1 saturated carbocycles. The van der Waals surface area contributed by atoms with Crippen LogP contribution in [0.4, 0.5) is 13.2 Å². The SMILES string of the molecule is CN(C[C@@H]1CCC[C@H]1O)C(=O)c1[nH]c(C(F)(F)F)cc1-c1ccc(Cl)cc1. The molecule has 0 radical (unpaired) electrons. The van der Waals surface area contributed by atoms with Crippen molar-refractivity contribution in [3.05, 3.63) is 46.7 Å². The highest BCUT2D eigenvalue weighted by molar-refractivity contribution is 6.30. The molecule has 1 aromatic carbocycles. The largest absolute Gasteiger partial charge is 0.431 e. The van der Waals surface area contributed by atoms with Crippen molar-refractivity contribution in [1.82, 2.24) is 9.88 Å². The second-order valence-corrected chi connectivity index (χ2v) is 7.36. The molecular formula is C19H20ClF3N2O2. The molecule has 0 spiro atoms. The number of nitrogens with zero attached hydrogens (tertiary/aromatic N) is 1. The van der Waals surface area contributed by atoms with Crippen LogP contribution in [0.1, 0.15) is 35.4 Å². The lowest BCUT2D eigenvalue weighted by Crippen LogP contribution is -2.35. The molecule has 4 nitrogen and oxygen atoms in total. The lowest BCUT2D eigenvalue weighted by Gasteiger charge is -2.23. The van der Waals surface area contributed by atoms with Gasteiger partial charge >= 0.3 is 6.18 Å². The molecule has 0 unspecified atom stereocenters. The molecule has 0 bridgehead atoms. The third-order valence-electron chi connectivity index (χ3n) is 4.97. The van der Waals surface area contributed by atoms with Crippen molar-refractivity contribution in [3.63, 3.8) is 0 Å². The Morgan fingerprint density at radius 1 is 1.30 bits per heavy atom. The van der Waals surface area contributed by atoms with E-state index in [0.29, 0.717) is 23.6 Å². The summed E-state index contributed by atoms with van der Waals surface area (Å²) in [4.78, 5) is 16.5. The number of rotatable bonds is 4.